The maximum absolute atomic E-state index is 13.1. The third kappa shape index (κ3) is 7.52. The van der Waals surface area contributed by atoms with Crippen LogP contribution in [-0.2, 0) is 27.3 Å². The van der Waals surface area contributed by atoms with Crippen LogP contribution in [0.2, 0.25) is 0 Å². The van der Waals surface area contributed by atoms with Crippen LogP contribution in [0.5, 0.6) is 5.75 Å². The van der Waals surface area contributed by atoms with Gasteiger partial charge in [0.25, 0.3) is 0 Å². The summed E-state index contributed by atoms with van der Waals surface area (Å²) in [4.78, 5) is 27.4. The number of carbonyl (C=O) groups is 2. The monoisotopic (exact) mass is 412 g/mol. The SMILES string of the molecule is CCOCCCNC(=O)[C@@H](C)N(Cc1ccc(OC)cc1)C(=O)Cc1ccccc1. The Morgan fingerprint density at radius 3 is 2.37 bits per heavy atom. The third-order valence-corrected chi connectivity index (χ3v) is 4.85. The molecule has 6 nitrogen and oxygen atoms in total. The molecule has 0 aliphatic carbocycles. The predicted octanol–water partition coefficient (Wildman–Crippen LogP) is 3.20. The van der Waals surface area contributed by atoms with Crippen molar-refractivity contribution >= 4 is 11.8 Å². The van der Waals surface area contributed by atoms with Gasteiger partial charge in [-0.1, -0.05) is 42.5 Å². The molecule has 162 valence electrons. The minimum atomic E-state index is -0.588. The molecule has 0 aliphatic rings. The quantitative estimate of drug-likeness (QED) is 0.544. The van der Waals surface area contributed by atoms with E-state index in [0.717, 1.165) is 23.3 Å². The highest BCUT2D eigenvalue weighted by Crippen LogP contribution is 2.16. The number of nitrogens with one attached hydrogen (secondary N) is 1. The van der Waals surface area contributed by atoms with Crippen molar-refractivity contribution in [3.63, 3.8) is 0 Å². The molecule has 1 atom stereocenters. The molecule has 0 aromatic heterocycles. The summed E-state index contributed by atoms with van der Waals surface area (Å²) in [6.07, 6.45) is 0.988. The van der Waals surface area contributed by atoms with Crippen LogP contribution in [0.4, 0.5) is 0 Å². The molecule has 2 aromatic rings. The molecule has 0 saturated heterocycles. The van der Waals surface area contributed by atoms with Gasteiger partial charge in [0.15, 0.2) is 0 Å². The molecule has 0 saturated carbocycles. The minimum absolute atomic E-state index is 0.0889. The van der Waals surface area contributed by atoms with Gasteiger partial charge < -0.3 is 19.7 Å². The Labute approximate surface area is 179 Å². The van der Waals surface area contributed by atoms with E-state index in [2.05, 4.69) is 5.32 Å². The van der Waals surface area contributed by atoms with E-state index in [-0.39, 0.29) is 18.2 Å². The van der Waals surface area contributed by atoms with Gasteiger partial charge >= 0.3 is 0 Å². The van der Waals surface area contributed by atoms with Gasteiger partial charge in [-0.3, -0.25) is 9.59 Å². The average Bonchev–Trinajstić information content (AvgIpc) is 2.77. The largest absolute Gasteiger partial charge is 0.497 e. The van der Waals surface area contributed by atoms with E-state index in [0.29, 0.717) is 26.3 Å². The van der Waals surface area contributed by atoms with Crippen molar-refractivity contribution in [3.05, 3.63) is 65.7 Å². The summed E-state index contributed by atoms with van der Waals surface area (Å²) in [7, 11) is 1.61. The molecule has 0 bridgehead atoms. The third-order valence-electron chi connectivity index (χ3n) is 4.85. The summed E-state index contributed by atoms with van der Waals surface area (Å²) < 4.78 is 10.5. The van der Waals surface area contributed by atoms with Gasteiger partial charge in [-0.05, 0) is 43.5 Å². The molecule has 2 amide bonds. The molecule has 0 aliphatic heterocycles. The maximum atomic E-state index is 13.1. The topological polar surface area (TPSA) is 67.9 Å². The summed E-state index contributed by atoms with van der Waals surface area (Å²) in [6.45, 7) is 5.84. The normalized spacial score (nSPS) is 11.6. The lowest BCUT2D eigenvalue weighted by Crippen LogP contribution is -2.48. The van der Waals surface area contributed by atoms with Crippen LogP contribution < -0.4 is 10.1 Å². The number of rotatable bonds is 12. The van der Waals surface area contributed by atoms with Crippen molar-refractivity contribution in [2.75, 3.05) is 26.9 Å². The van der Waals surface area contributed by atoms with Gasteiger partial charge in [-0.25, -0.2) is 0 Å². The lowest BCUT2D eigenvalue weighted by atomic mass is 10.1. The van der Waals surface area contributed by atoms with Crippen LogP contribution in [0.25, 0.3) is 0 Å². The zero-order chi connectivity index (χ0) is 21.8. The standard InChI is InChI=1S/C24H32N2O4/c1-4-30-16-8-15-25-24(28)19(2)26(18-21-11-13-22(29-3)14-12-21)23(27)17-20-9-6-5-7-10-20/h5-7,9-14,19H,4,8,15-18H2,1-3H3,(H,25,28)/t19-/m1/s1. The van der Waals surface area contributed by atoms with E-state index in [4.69, 9.17) is 9.47 Å². The van der Waals surface area contributed by atoms with Gasteiger partial charge in [-0.15, -0.1) is 0 Å². The van der Waals surface area contributed by atoms with Gasteiger partial charge in [0.2, 0.25) is 11.8 Å². The van der Waals surface area contributed by atoms with E-state index < -0.39 is 6.04 Å². The number of hydrogen-bond donors (Lipinski definition) is 1. The fraction of sp³-hybridized carbons (Fsp3) is 0.417. The van der Waals surface area contributed by atoms with Crippen LogP contribution in [0, 0.1) is 0 Å². The Kier molecular flexibility index (Phi) is 9.87. The Balaban J connectivity index is 2.08. The number of methoxy groups -OCH3 is 1. The van der Waals surface area contributed by atoms with Crippen LogP contribution in [0.15, 0.2) is 54.6 Å². The van der Waals surface area contributed by atoms with Crippen LogP contribution in [0.1, 0.15) is 31.4 Å². The Bertz CT molecular complexity index is 778. The maximum Gasteiger partial charge on any atom is 0.242 e. The predicted molar refractivity (Wildman–Crippen MR) is 117 cm³/mol. The number of amides is 2. The molecular weight excluding hydrogens is 380 g/mol. The highest BCUT2D eigenvalue weighted by atomic mass is 16.5. The van der Waals surface area contributed by atoms with Crippen LogP contribution >= 0.6 is 0 Å². The minimum Gasteiger partial charge on any atom is -0.497 e. The molecule has 0 heterocycles. The number of carbonyl (C=O) groups excluding carboxylic acids is 2. The summed E-state index contributed by atoms with van der Waals surface area (Å²) >= 11 is 0. The van der Waals surface area contributed by atoms with Crippen molar-refractivity contribution in [1.82, 2.24) is 10.2 Å². The summed E-state index contributed by atoms with van der Waals surface area (Å²) in [5.74, 6) is 0.497. The fourth-order valence-corrected chi connectivity index (χ4v) is 3.06. The molecule has 0 fully saturated rings. The first-order valence-electron chi connectivity index (χ1n) is 10.4. The molecule has 6 heteroatoms. The molecule has 0 unspecified atom stereocenters. The highest BCUT2D eigenvalue weighted by Gasteiger charge is 2.26. The van der Waals surface area contributed by atoms with Gasteiger partial charge in [0.05, 0.1) is 13.5 Å². The summed E-state index contributed by atoms with van der Waals surface area (Å²) in [5, 5.41) is 2.91. The smallest absolute Gasteiger partial charge is 0.242 e. The van der Waals surface area contributed by atoms with Gasteiger partial charge in [0.1, 0.15) is 11.8 Å². The Morgan fingerprint density at radius 1 is 1.03 bits per heavy atom. The van der Waals surface area contributed by atoms with Crippen molar-refractivity contribution < 1.29 is 19.1 Å². The zero-order valence-electron chi connectivity index (χ0n) is 18.1. The zero-order valence-corrected chi connectivity index (χ0v) is 18.1. The second-order valence-electron chi connectivity index (χ2n) is 7.05. The highest BCUT2D eigenvalue weighted by molar-refractivity contribution is 5.88. The second kappa shape index (κ2) is 12.6. The lowest BCUT2D eigenvalue weighted by molar-refractivity contribution is -0.140. The molecule has 0 radical (unpaired) electrons. The average molecular weight is 413 g/mol. The Hall–Kier alpha value is -2.86. The molecule has 1 N–H and O–H groups in total. The molecule has 2 aromatic carbocycles. The van der Waals surface area contributed by atoms with Crippen LogP contribution in [0.3, 0.4) is 0 Å². The van der Waals surface area contributed by atoms with Gasteiger partial charge in [-0.2, -0.15) is 0 Å². The van der Waals surface area contributed by atoms with Crippen molar-refractivity contribution in [2.24, 2.45) is 0 Å². The summed E-state index contributed by atoms with van der Waals surface area (Å²) in [6, 6.07) is 16.5. The van der Waals surface area contributed by atoms with E-state index in [1.807, 2.05) is 61.5 Å². The molecule has 0 spiro atoms. The number of benzene rings is 2. The lowest BCUT2D eigenvalue weighted by Gasteiger charge is -2.29. The van der Waals surface area contributed by atoms with Crippen molar-refractivity contribution in [2.45, 2.75) is 39.3 Å². The van der Waals surface area contributed by atoms with E-state index >= 15 is 0 Å². The molecule has 30 heavy (non-hydrogen) atoms. The number of nitrogens with zero attached hydrogens (tertiary/aromatic N) is 1. The first kappa shape index (κ1) is 23.4. The van der Waals surface area contributed by atoms with Crippen LogP contribution in [-0.4, -0.2) is 49.6 Å². The molecule has 2 rings (SSSR count). The fourth-order valence-electron chi connectivity index (χ4n) is 3.06. The van der Waals surface area contributed by atoms with E-state index in [1.54, 1.807) is 18.9 Å². The molecular formula is C24H32N2O4. The Morgan fingerprint density at radius 2 is 1.73 bits per heavy atom. The summed E-state index contributed by atoms with van der Waals surface area (Å²) in [5.41, 5.74) is 1.86. The van der Waals surface area contributed by atoms with Crippen molar-refractivity contribution in [3.8, 4) is 5.75 Å². The number of hydrogen-bond acceptors (Lipinski definition) is 4. The number of ether oxygens (including phenoxy) is 2. The van der Waals surface area contributed by atoms with Gasteiger partial charge in [0, 0.05) is 26.3 Å². The first-order valence-corrected chi connectivity index (χ1v) is 10.4. The van der Waals surface area contributed by atoms with Crippen molar-refractivity contribution in [1.29, 1.82) is 0 Å². The van der Waals surface area contributed by atoms with E-state index in [1.165, 1.54) is 0 Å². The first-order chi connectivity index (χ1) is 14.5. The van der Waals surface area contributed by atoms with E-state index in [9.17, 15) is 9.59 Å². The second-order valence-corrected chi connectivity index (χ2v) is 7.05.